The average Bonchev–Trinajstić information content (AvgIpc) is 3.22. The van der Waals surface area contributed by atoms with Gasteiger partial charge in [-0.05, 0) is 51.5 Å². The summed E-state index contributed by atoms with van der Waals surface area (Å²) in [7, 11) is 0. The monoisotopic (exact) mass is 333 g/mol. The Hall–Kier alpha value is -1.40. The number of rotatable bonds is 5. The van der Waals surface area contributed by atoms with Gasteiger partial charge in [0.25, 0.3) is 5.91 Å². The largest absolute Gasteiger partial charge is 0.374 e. The van der Waals surface area contributed by atoms with Gasteiger partial charge in [0.15, 0.2) is 0 Å². The van der Waals surface area contributed by atoms with E-state index in [0.29, 0.717) is 25.4 Å². The summed E-state index contributed by atoms with van der Waals surface area (Å²) in [4.78, 5) is 15.2. The molecular weight excluding hydrogens is 306 g/mol. The van der Waals surface area contributed by atoms with Crippen LogP contribution in [0.15, 0.2) is 6.07 Å². The minimum atomic E-state index is 0.0242. The fourth-order valence-corrected chi connectivity index (χ4v) is 4.00. The first-order valence-corrected chi connectivity index (χ1v) is 9.26. The number of nitrogens with zero attached hydrogens (tertiary/aromatic N) is 3. The summed E-state index contributed by atoms with van der Waals surface area (Å²) in [5.41, 5.74) is 1.57. The van der Waals surface area contributed by atoms with Crippen molar-refractivity contribution in [3.8, 4) is 0 Å². The van der Waals surface area contributed by atoms with E-state index < -0.39 is 0 Å². The summed E-state index contributed by atoms with van der Waals surface area (Å²) >= 11 is 0. The molecule has 24 heavy (non-hydrogen) atoms. The van der Waals surface area contributed by atoms with E-state index in [1.807, 2.05) is 24.8 Å². The van der Waals surface area contributed by atoms with E-state index in [0.717, 1.165) is 31.1 Å². The molecule has 2 saturated carbocycles. The molecule has 6 nitrogen and oxygen atoms in total. The Morgan fingerprint density at radius 1 is 1.38 bits per heavy atom. The molecule has 3 fully saturated rings. The first-order valence-electron chi connectivity index (χ1n) is 9.26. The SMILES string of the molecule is CCn1nc(C)cc1C(=O)N1CCOC2CCC1C2OCC1CC1. The third-order valence-corrected chi connectivity index (χ3v) is 5.46. The Kier molecular flexibility index (Phi) is 4.35. The van der Waals surface area contributed by atoms with Crippen molar-refractivity contribution in [3.63, 3.8) is 0 Å². The smallest absolute Gasteiger partial charge is 0.272 e. The zero-order valence-corrected chi connectivity index (χ0v) is 14.6. The molecule has 132 valence electrons. The highest BCUT2D eigenvalue weighted by molar-refractivity contribution is 5.93. The summed E-state index contributed by atoms with van der Waals surface area (Å²) in [6.07, 6.45) is 4.67. The maximum Gasteiger partial charge on any atom is 0.272 e. The van der Waals surface area contributed by atoms with Crippen LogP contribution in [-0.2, 0) is 16.0 Å². The summed E-state index contributed by atoms with van der Waals surface area (Å²) in [5.74, 6) is 0.787. The lowest BCUT2D eigenvalue weighted by Gasteiger charge is -2.31. The van der Waals surface area contributed by atoms with Crippen molar-refractivity contribution < 1.29 is 14.3 Å². The number of aryl methyl sites for hydroxylation is 2. The lowest BCUT2D eigenvalue weighted by Crippen LogP contribution is -2.47. The number of hydrogen-bond acceptors (Lipinski definition) is 4. The Morgan fingerprint density at radius 2 is 2.21 bits per heavy atom. The van der Waals surface area contributed by atoms with E-state index in [2.05, 4.69) is 5.10 Å². The highest BCUT2D eigenvalue weighted by atomic mass is 16.5. The summed E-state index contributed by atoms with van der Waals surface area (Å²) in [6, 6.07) is 2.02. The molecular formula is C18H27N3O3. The summed E-state index contributed by atoms with van der Waals surface area (Å²) in [6.45, 7) is 6.69. The average molecular weight is 333 g/mol. The Bertz CT molecular complexity index is 611. The van der Waals surface area contributed by atoms with Crippen molar-refractivity contribution in [2.45, 2.75) is 64.3 Å². The van der Waals surface area contributed by atoms with Crippen LogP contribution in [0.25, 0.3) is 0 Å². The normalized spacial score (nSPS) is 29.8. The molecule has 1 aliphatic heterocycles. The Morgan fingerprint density at radius 3 is 2.96 bits per heavy atom. The maximum absolute atomic E-state index is 13.2. The predicted octanol–water partition coefficient (Wildman–Crippen LogP) is 2.01. The number of aromatic nitrogens is 2. The van der Waals surface area contributed by atoms with Gasteiger partial charge in [-0.1, -0.05) is 0 Å². The van der Waals surface area contributed by atoms with Crippen LogP contribution in [0.2, 0.25) is 0 Å². The molecule has 3 aliphatic rings. The number of amides is 1. The lowest BCUT2D eigenvalue weighted by molar-refractivity contribution is -0.0557. The van der Waals surface area contributed by atoms with Crippen LogP contribution in [0.3, 0.4) is 0 Å². The minimum absolute atomic E-state index is 0.0242. The van der Waals surface area contributed by atoms with Gasteiger partial charge < -0.3 is 14.4 Å². The third-order valence-electron chi connectivity index (χ3n) is 5.46. The van der Waals surface area contributed by atoms with Crippen molar-refractivity contribution in [3.05, 3.63) is 17.5 Å². The zero-order valence-electron chi connectivity index (χ0n) is 14.6. The Labute approximate surface area is 143 Å². The summed E-state index contributed by atoms with van der Waals surface area (Å²) < 4.78 is 14.0. The number of carbonyl (C=O) groups is 1. The van der Waals surface area contributed by atoms with Crippen LogP contribution in [0.4, 0.5) is 0 Å². The molecule has 0 radical (unpaired) electrons. The quantitative estimate of drug-likeness (QED) is 0.827. The molecule has 2 bridgehead atoms. The van der Waals surface area contributed by atoms with Crippen LogP contribution in [0.1, 0.15) is 48.8 Å². The molecule has 3 atom stereocenters. The predicted molar refractivity (Wildman–Crippen MR) is 88.9 cm³/mol. The number of carbonyl (C=O) groups excluding carboxylic acids is 1. The van der Waals surface area contributed by atoms with E-state index in [4.69, 9.17) is 9.47 Å². The molecule has 2 heterocycles. The van der Waals surface area contributed by atoms with E-state index in [1.165, 1.54) is 12.8 Å². The molecule has 4 rings (SSSR count). The number of hydrogen-bond donors (Lipinski definition) is 0. The second-order valence-corrected chi connectivity index (χ2v) is 7.28. The second-order valence-electron chi connectivity index (χ2n) is 7.28. The molecule has 3 unspecified atom stereocenters. The van der Waals surface area contributed by atoms with Gasteiger partial charge in [-0.25, -0.2) is 0 Å². The fourth-order valence-electron chi connectivity index (χ4n) is 4.00. The zero-order chi connectivity index (χ0) is 16.7. The van der Waals surface area contributed by atoms with Gasteiger partial charge in [-0.2, -0.15) is 5.10 Å². The first-order chi connectivity index (χ1) is 11.7. The van der Waals surface area contributed by atoms with Crippen molar-refractivity contribution >= 4 is 5.91 Å². The van der Waals surface area contributed by atoms with Gasteiger partial charge in [0.1, 0.15) is 11.8 Å². The number of ether oxygens (including phenoxy) is 2. The van der Waals surface area contributed by atoms with Crippen LogP contribution in [0.5, 0.6) is 0 Å². The molecule has 0 N–H and O–H groups in total. The van der Waals surface area contributed by atoms with Crippen molar-refractivity contribution in [2.24, 2.45) is 5.92 Å². The van der Waals surface area contributed by atoms with Gasteiger partial charge in [0.2, 0.25) is 0 Å². The highest BCUT2D eigenvalue weighted by Gasteiger charge is 2.45. The van der Waals surface area contributed by atoms with Crippen LogP contribution < -0.4 is 0 Å². The van der Waals surface area contributed by atoms with E-state index in [9.17, 15) is 4.79 Å². The summed E-state index contributed by atoms with van der Waals surface area (Å²) in [5, 5.41) is 4.42. The Balaban J connectivity index is 1.55. The number of fused-ring (bicyclic) bond motifs is 2. The third kappa shape index (κ3) is 2.97. The minimum Gasteiger partial charge on any atom is -0.374 e. The molecule has 2 aliphatic carbocycles. The van der Waals surface area contributed by atoms with E-state index in [-0.39, 0.29) is 24.2 Å². The molecule has 0 aromatic carbocycles. The van der Waals surface area contributed by atoms with Gasteiger partial charge in [-0.3, -0.25) is 9.48 Å². The standard InChI is InChI=1S/C18H27N3O3/c1-3-21-15(10-12(2)19-21)18(22)20-8-9-23-16-7-6-14(20)17(16)24-11-13-4-5-13/h10,13-14,16-17H,3-9,11H2,1-2H3. The van der Waals surface area contributed by atoms with E-state index >= 15 is 0 Å². The molecule has 1 aromatic rings. The first kappa shape index (κ1) is 16.1. The maximum atomic E-state index is 13.2. The van der Waals surface area contributed by atoms with Crippen molar-refractivity contribution in [1.29, 1.82) is 0 Å². The van der Waals surface area contributed by atoms with Crippen molar-refractivity contribution in [1.82, 2.24) is 14.7 Å². The fraction of sp³-hybridized carbons (Fsp3) is 0.778. The highest BCUT2D eigenvalue weighted by Crippen LogP contribution is 2.35. The second kappa shape index (κ2) is 6.48. The van der Waals surface area contributed by atoms with E-state index in [1.54, 1.807) is 4.68 Å². The van der Waals surface area contributed by atoms with Crippen LogP contribution in [-0.4, -0.2) is 58.6 Å². The molecule has 0 spiro atoms. The van der Waals surface area contributed by atoms with Crippen molar-refractivity contribution in [2.75, 3.05) is 19.8 Å². The molecule has 1 saturated heterocycles. The molecule has 1 aromatic heterocycles. The van der Waals surface area contributed by atoms with Gasteiger partial charge in [-0.15, -0.1) is 0 Å². The molecule has 6 heteroatoms. The lowest BCUT2D eigenvalue weighted by atomic mass is 10.1. The van der Waals surface area contributed by atoms with Gasteiger partial charge in [0.05, 0.1) is 24.4 Å². The van der Waals surface area contributed by atoms with Gasteiger partial charge >= 0.3 is 0 Å². The van der Waals surface area contributed by atoms with Crippen LogP contribution in [0, 0.1) is 12.8 Å². The topological polar surface area (TPSA) is 56.6 Å². The molecule has 1 amide bonds. The van der Waals surface area contributed by atoms with Gasteiger partial charge in [0, 0.05) is 19.7 Å². The van der Waals surface area contributed by atoms with Crippen LogP contribution >= 0.6 is 0 Å².